The number of amides is 2. The lowest BCUT2D eigenvalue weighted by molar-refractivity contribution is -0.135. The molecule has 0 saturated carbocycles. The summed E-state index contributed by atoms with van der Waals surface area (Å²) in [5, 5.41) is 6.07. The number of likely N-dealkylation sites (tertiary alicyclic amines) is 1. The van der Waals surface area contributed by atoms with Crippen LogP contribution in [0.4, 0.5) is 0 Å². The first-order valence-corrected chi connectivity index (χ1v) is 8.16. The minimum atomic E-state index is -0.0311. The third-order valence-electron chi connectivity index (χ3n) is 3.81. The van der Waals surface area contributed by atoms with E-state index in [0.29, 0.717) is 19.0 Å². The summed E-state index contributed by atoms with van der Waals surface area (Å²) in [6.45, 7) is 2.37. The van der Waals surface area contributed by atoms with Gasteiger partial charge < -0.3 is 15.5 Å². The molecule has 19 heavy (non-hydrogen) atoms. The van der Waals surface area contributed by atoms with Crippen LogP contribution in [0.2, 0.25) is 0 Å². The van der Waals surface area contributed by atoms with Gasteiger partial charge in [-0.05, 0) is 12.8 Å². The SMILES string of the molecule is CNC(=O)C1CCCN(C(=O)CC2CSCCN2)C1. The van der Waals surface area contributed by atoms with Gasteiger partial charge in [0.15, 0.2) is 0 Å². The van der Waals surface area contributed by atoms with Crippen LogP contribution < -0.4 is 10.6 Å². The first kappa shape index (κ1) is 14.7. The molecule has 2 unspecified atom stereocenters. The number of thioether (sulfide) groups is 1. The molecule has 0 bridgehead atoms. The summed E-state index contributed by atoms with van der Waals surface area (Å²) >= 11 is 1.90. The van der Waals surface area contributed by atoms with Crippen molar-refractivity contribution in [1.29, 1.82) is 0 Å². The van der Waals surface area contributed by atoms with Crippen molar-refractivity contribution in [3.05, 3.63) is 0 Å². The molecule has 0 radical (unpaired) electrons. The number of piperidine rings is 1. The smallest absolute Gasteiger partial charge is 0.224 e. The number of nitrogens with zero attached hydrogens (tertiary/aromatic N) is 1. The first-order chi connectivity index (χ1) is 9.20. The summed E-state index contributed by atoms with van der Waals surface area (Å²) in [7, 11) is 1.66. The predicted octanol–water partition coefficient (Wildman–Crippen LogP) is 0.0661. The van der Waals surface area contributed by atoms with Gasteiger partial charge in [-0.15, -0.1) is 0 Å². The molecule has 2 rings (SSSR count). The Balaban J connectivity index is 1.82. The van der Waals surface area contributed by atoms with Crippen LogP contribution in [0.25, 0.3) is 0 Å². The van der Waals surface area contributed by atoms with Gasteiger partial charge in [0.05, 0.1) is 5.92 Å². The number of carbonyl (C=O) groups excluding carboxylic acids is 2. The fourth-order valence-corrected chi connectivity index (χ4v) is 3.66. The van der Waals surface area contributed by atoms with E-state index in [1.165, 1.54) is 0 Å². The van der Waals surface area contributed by atoms with Crippen LogP contribution in [-0.4, -0.2) is 60.9 Å². The van der Waals surface area contributed by atoms with Crippen molar-refractivity contribution in [1.82, 2.24) is 15.5 Å². The molecule has 0 aliphatic carbocycles. The normalized spacial score (nSPS) is 27.9. The fraction of sp³-hybridized carbons (Fsp3) is 0.846. The van der Waals surface area contributed by atoms with Gasteiger partial charge >= 0.3 is 0 Å². The molecule has 2 N–H and O–H groups in total. The third-order valence-corrected chi connectivity index (χ3v) is 4.94. The van der Waals surface area contributed by atoms with Crippen molar-refractivity contribution in [2.75, 3.05) is 38.2 Å². The second kappa shape index (κ2) is 7.14. The average molecular weight is 285 g/mol. The summed E-state index contributed by atoms with van der Waals surface area (Å²) in [4.78, 5) is 25.8. The van der Waals surface area contributed by atoms with Crippen molar-refractivity contribution in [3.63, 3.8) is 0 Å². The summed E-state index contributed by atoms with van der Waals surface area (Å²) in [5.74, 6) is 2.36. The van der Waals surface area contributed by atoms with Crippen LogP contribution in [0.3, 0.4) is 0 Å². The van der Waals surface area contributed by atoms with E-state index in [9.17, 15) is 9.59 Å². The summed E-state index contributed by atoms with van der Waals surface area (Å²) in [5.41, 5.74) is 0. The van der Waals surface area contributed by atoms with Crippen LogP contribution in [0.1, 0.15) is 19.3 Å². The fourth-order valence-electron chi connectivity index (χ4n) is 2.71. The quantitative estimate of drug-likeness (QED) is 0.770. The van der Waals surface area contributed by atoms with E-state index in [4.69, 9.17) is 0 Å². The third kappa shape index (κ3) is 4.11. The van der Waals surface area contributed by atoms with Gasteiger partial charge in [-0.3, -0.25) is 9.59 Å². The van der Waals surface area contributed by atoms with Crippen molar-refractivity contribution in [2.45, 2.75) is 25.3 Å². The van der Waals surface area contributed by atoms with E-state index in [0.717, 1.165) is 37.4 Å². The minimum absolute atomic E-state index is 0.0311. The van der Waals surface area contributed by atoms with Gasteiger partial charge in [-0.1, -0.05) is 0 Å². The maximum atomic E-state index is 12.3. The molecule has 0 spiro atoms. The van der Waals surface area contributed by atoms with Gasteiger partial charge in [0, 0.05) is 50.7 Å². The highest BCUT2D eigenvalue weighted by molar-refractivity contribution is 7.99. The Morgan fingerprint density at radius 3 is 3.00 bits per heavy atom. The molecule has 6 heteroatoms. The number of carbonyl (C=O) groups is 2. The Kier molecular flexibility index (Phi) is 5.51. The maximum Gasteiger partial charge on any atom is 0.224 e. The number of hydrogen-bond donors (Lipinski definition) is 2. The largest absolute Gasteiger partial charge is 0.359 e. The van der Waals surface area contributed by atoms with Gasteiger partial charge in [0.2, 0.25) is 11.8 Å². The van der Waals surface area contributed by atoms with Gasteiger partial charge in [0.1, 0.15) is 0 Å². The van der Waals surface area contributed by atoms with E-state index in [2.05, 4.69) is 10.6 Å². The van der Waals surface area contributed by atoms with Crippen molar-refractivity contribution in [3.8, 4) is 0 Å². The van der Waals surface area contributed by atoms with Gasteiger partial charge in [0.25, 0.3) is 0 Å². The highest BCUT2D eigenvalue weighted by atomic mass is 32.2. The van der Waals surface area contributed by atoms with E-state index < -0.39 is 0 Å². The Bertz CT molecular complexity index is 332. The second-order valence-corrected chi connectivity index (χ2v) is 6.37. The number of nitrogens with one attached hydrogen (secondary N) is 2. The lowest BCUT2D eigenvalue weighted by Crippen LogP contribution is -2.47. The minimum Gasteiger partial charge on any atom is -0.359 e. The zero-order valence-corrected chi connectivity index (χ0v) is 12.3. The van der Waals surface area contributed by atoms with Crippen LogP contribution in [0.5, 0.6) is 0 Å². The zero-order valence-electron chi connectivity index (χ0n) is 11.5. The molecular formula is C13H23N3O2S. The lowest BCUT2D eigenvalue weighted by Gasteiger charge is -2.33. The van der Waals surface area contributed by atoms with Crippen LogP contribution in [0, 0.1) is 5.92 Å². The summed E-state index contributed by atoms with van der Waals surface area (Å²) in [6.07, 6.45) is 2.38. The van der Waals surface area contributed by atoms with E-state index in [1.807, 2.05) is 16.7 Å². The van der Waals surface area contributed by atoms with Crippen LogP contribution in [0.15, 0.2) is 0 Å². The zero-order chi connectivity index (χ0) is 13.7. The highest BCUT2D eigenvalue weighted by Crippen LogP contribution is 2.19. The molecule has 2 heterocycles. The lowest BCUT2D eigenvalue weighted by atomic mass is 9.96. The van der Waals surface area contributed by atoms with Crippen molar-refractivity contribution in [2.24, 2.45) is 5.92 Å². The average Bonchev–Trinajstić information content (AvgIpc) is 2.47. The second-order valence-electron chi connectivity index (χ2n) is 5.22. The van der Waals surface area contributed by atoms with Crippen LogP contribution >= 0.6 is 11.8 Å². The van der Waals surface area contributed by atoms with Crippen LogP contribution in [-0.2, 0) is 9.59 Å². The molecular weight excluding hydrogens is 262 g/mol. The monoisotopic (exact) mass is 285 g/mol. The van der Waals surface area contributed by atoms with Crippen molar-refractivity contribution < 1.29 is 9.59 Å². The molecule has 0 aromatic heterocycles. The van der Waals surface area contributed by atoms with E-state index in [1.54, 1.807) is 7.05 Å². The predicted molar refractivity (Wildman–Crippen MR) is 77.1 cm³/mol. The molecule has 2 aliphatic heterocycles. The Morgan fingerprint density at radius 1 is 1.47 bits per heavy atom. The number of hydrogen-bond acceptors (Lipinski definition) is 4. The Hall–Kier alpha value is -0.750. The molecule has 5 nitrogen and oxygen atoms in total. The first-order valence-electron chi connectivity index (χ1n) is 7.01. The molecule has 2 atom stereocenters. The molecule has 2 fully saturated rings. The maximum absolute atomic E-state index is 12.3. The van der Waals surface area contributed by atoms with Gasteiger partial charge in [-0.25, -0.2) is 0 Å². The van der Waals surface area contributed by atoms with Gasteiger partial charge in [-0.2, -0.15) is 11.8 Å². The molecule has 2 amide bonds. The molecule has 0 aromatic rings. The molecule has 108 valence electrons. The summed E-state index contributed by atoms with van der Waals surface area (Å²) in [6, 6.07) is 0.298. The number of rotatable bonds is 3. The standard InChI is InChI=1S/C13H23N3O2S/c1-14-13(18)10-3-2-5-16(8-10)12(17)7-11-9-19-6-4-15-11/h10-11,15H,2-9H2,1H3,(H,14,18). The topological polar surface area (TPSA) is 61.4 Å². The van der Waals surface area contributed by atoms with E-state index >= 15 is 0 Å². The summed E-state index contributed by atoms with van der Waals surface area (Å²) < 4.78 is 0. The molecule has 0 aromatic carbocycles. The molecule has 2 aliphatic rings. The molecule has 2 saturated heterocycles. The Morgan fingerprint density at radius 2 is 2.32 bits per heavy atom. The Labute approximate surface area is 118 Å². The van der Waals surface area contributed by atoms with E-state index in [-0.39, 0.29) is 17.7 Å². The highest BCUT2D eigenvalue weighted by Gasteiger charge is 2.29. The van der Waals surface area contributed by atoms with Crippen molar-refractivity contribution >= 4 is 23.6 Å².